The summed E-state index contributed by atoms with van der Waals surface area (Å²) in [7, 11) is 0. The van der Waals surface area contributed by atoms with Crippen LogP contribution in [0.4, 0.5) is 0 Å². The molecule has 0 radical (unpaired) electrons. The van der Waals surface area contributed by atoms with Gasteiger partial charge in [-0.05, 0) is 43.7 Å². The molecule has 106 valence electrons. The van der Waals surface area contributed by atoms with Crippen LogP contribution in [0.1, 0.15) is 12.8 Å². The second-order valence-electron chi connectivity index (χ2n) is 4.24. The Hall–Kier alpha value is -0.780. The summed E-state index contributed by atoms with van der Waals surface area (Å²) < 4.78 is 6.54. The van der Waals surface area contributed by atoms with Crippen molar-refractivity contribution in [1.29, 1.82) is 0 Å². The molecule has 1 aliphatic rings. The van der Waals surface area contributed by atoms with Gasteiger partial charge >= 0.3 is 0 Å². The van der Waals surface area contributed by atoms with Gasteiger partial charge < -0.3 is 15.4 Å². The van der Waals surface area contributed by atoms with E-state index in [4.69, 9.17) is 4.74 Å². The Balaban J connectivity index is 0.00000180. The third-order valence-electron chi connectivity index (χ3n) is 2.86. The first-order valence-corrected chi connectivity index (χ1v) is 6.94. The van der Waals surface area contributed by atoms with Crippen molar-refractivity contribution in [2.24, 2.45) is 0 Å². The first kappa shape index (κ1) is 16.3. The third kappa shape index (κ3) is 5.38. The van der Waals surface area contributed by atoms with Crippen LogP contribution in [0.25, 0.3) is 0 Å². The number of benzene rings is 1. The van der Waals surface area contributed by atoms with Crippen LogP contribution in [0.5, 0.6) is 5.75 Å². The Morgan fingerprint density at radius 2 is 2.16 bits per heavy atom. The Morgan fingerprint density at radius 3 is 2.79 bits per heavy atom. The first-order valence-electron chi connectivity index (χ1n) is 6.15. The minimum atomic E-state index is -0.0160. The molecule has 1 heterocycles. The SMILES string of the molecule is Cl.O=C(NCCOc1ccc(Br)cc1)C1CCCN1. The normalized spacial score (nSPS) is 17.6. The molecule has 0 aromatic heterocycles. The van der Waals surface area contributed by atoms with Crippen LogP contribution in [-0.2, 0) is 4.79 Å². The Labute approximate surface area is 127 Å². The van der Waals surface area contributed by atoms with Gasteiger partial charge in [0.1, 0.15) is 12.4 Å². The Bertz CT molecular complexity index is 394. The van der Waals surface area contributed by atoms with E-state index in [1.807, 2.05) is 24.3 Å². The molecule has 1 amide bonds. The van der Waals surface area contributed by atoms with Crippen molar-refractivity contribution in [1.82, 2.24) is 10.6 Å². The van der Waals surface area contributed by atoms with Crippen LogP contribution in [0.15, 0.2) is 28.7 Å². The maximum Gasteiger partial charge on any atom is 0.237 e. The maximum absolute atomic E-state index is 11.7. The molecule has 2 rings (SSSR count). The van der Waals surface area contributed by atoms with Gasteiger partial charge in [0.05, 0.1) is 12.6 Å². The van der Waals surface area contributed by atoms with E-state index in [1.54, 1.807) is 0 Å². The van der Waals surface area contributed by atoms with Crippen molar-refractivity contribution in [3.05, 3.63) is 28.7 Å². The zero-order chi connectivity index (χ0) is 12.8. The maximum atomic E-state index is 11.7. The molecule has 1 saturated heterocycles. The molecule has 0 spiro atoms. The van der Waals surface area contributed by atoms with Crippen LogP contribution < -0.4 is 15.4 Å². The topological polar surface area (TPSA) is 50.4 Å². The molecule has 2 N–H and O–H groups in total. The van der Waals surface area contributed by atoms with E-state index in [0.29, 0.717) is 13.2 Å². The van der Waals surface area contributed by atoms with Crippen molar-refractivity contribution < 1.29 is 9.53 Å². The zero-order valence-corrected chi connectivity index (χ0v) is 12.9. The van der Waals surface area contributed by atoms with Gasteiger partial charge in [0.25, 0.3) is 0 Å². The lowest BCUT2D eigenvalue weighted by molar-refractivity contribution is -0.122. The second-order valence-corrected chi connectivity index (χ2v) is 5.16. The quantitative estimate of drug-likeness (QED) is 0.801. The van der Waals surface area contributed by atoms with Crippen molar-refractivity contribution in [2.75, 3.05) is 19.7 Å². The van der Waals surface area contributed by atoms with Gasteiger partial charge in [0.2, 0.25) is 5.91 Å². The number of carbonyl (C=O) groups excluding carboxylic acids is 1. The number of hydrogen-bond acceptors (Lipinski definition) is 3. The van der Waals surface area contributed by atoms with Crippen molar-refractivity contribution in [3.63, 3.8) is 0 Å². The molecule has 1 atom stereocenters. The number of hydrogen-bond donors (Lipinski definition) is 2. The van der Waals surface area contributed by atoms with Crippen LogP contribution in [0.3, 0.4) is 0 Å². The van der Waals surface area contributed by atoms with Crippen LogP contribution >= 0.6 is 28.3 Å². The van der Waals surface area contributed by atoms with Gasteiger partial charge in [-0.1, -0.05) is 15.9 Å². The Kier molecular flexibility index (Phi) is 7.20. The summed E-state index contributed by atoms with van der Waals surface area (Å²) in [6.45, 7) is 1.96. The average Bonchev–Trinajstić information content (AvgIpc) is 2.90. The van der Waals surface area contributed by atoms with Crippen molar-refractivity contribution >= 4 is 34.2 Å². The minimum Gasteiger partial charge on any atom is -0.492 e. The molecular formula is C13H18BrClN2O2. The van der Waals surface area contributed by atoms with Gasteiger partial charge in [-0.15, -0.1) is 12.4 Å². The summed E-state index contributed by atoms with van der Waals surface area (Å²) in [4.78, 5) is 11.7. The lowest BCUT2D eigenvalue weighted by atomic mass is 10.2. The van der Waals surface area contributed by atoms with Gasteiger partial charge in [0, 0.05) is 4.47 Å². The summed E-state index contributed by atoms with van der Waals surface area (Å²) in [6, 6.07) is 7.62. The number of amides is 1. The lowest BCUT2D eigenvalue weighted by Gasteiger charge is -2.11. The minimum absolute atomic E-state index is 0. The predicted octanol–water partition coefficient (Wildman–Crippen LogP) is 2.12. The molecule has 1 fully saturated rings. The van der Waals surface area contributed by atoms with Crippen LogP contribution in [0.2, 0.25) is 0 Å². The fraction of sp³-hybridized carbons (Fsp3) is 0.462. The van der Waals surface area contributed by atoms with E-state index in [2.05, 4.69) is 26.6 Å². The highest BCUT2D eigenvalue weighted by molar-refractivity contribution is 9.10. The molecule has 6 heteroatoms. The molecule has 1 aromatic carbocycles. The lowest BCUT2D eigenvalue weighted by Crippen LogP contribution is -2.41. The number of ether oxygens (including phenoxy) is 1. The molecule has 1 aromatic rings. The first-order chi connectivity index (χ1) is 8.75. The average molecular weight is 350 g/mol. The molecule has 0 aliphatic carbocycles. The van der Waals surface area contributed by atoms with Crippen LogP contribution in [0, 0.1) is 0 Å². The number of rotatable bonds is 5. The molecule has 1 aliphatic heterocycles. The van der Waals surface area contributed by atoms with E-state index < -0.39 is 0 Å². The molecule has 1 unspecified atom stereocenters. The molecule has 0 bridgehead atoms. The smallest absolute Gasteiger partial charge is 0.237 e. The highest BCUT2D eigenvalue weighted by atomic mass is 79.9. The highest BCUT2D eigenvalue weighted by Gasteiger charge is 2.21. The number of halogens is 2. The largest absolute Gasteiger partial charge is 0.492 e. The summed E-state index contributed by atoms with van der Waals surface area (Å²) >= 11 is 3.36. The number of carbonyl (C=O) groups is 1. The fourth-order valence-corrected chi connectivity index (χ4v) is 2.17. The monoisotopic (exact) mass is 348 g/mol. The second kappa shape index (κ2) is 8.40. The summed E-state index contributed by atoms with van der Waals surface area (Å²) in [5.41, 5.74) is 0. The number of nitrogens with one attached hydrogen (secondary N) is 2. The Morgan fingerprint density at radius 1 is 1.42 bits per heavy atom. The van der Waals surface area contributed by atoms with Crippen molar-refractivity contribution in [2.45, 2.75) is 18.9 Å². The summed E-state index contributed by atoms with van der Waals surface area (Å²) in [6.07, 6.45) is 2.01. The predicted molar refractivity (Wildman–Crippen MR) is 80.9 cm³/mol. The molecular weight excluding hydrogens is 332 g/mol. The molecule has 19 heavy (non-hydrogen) atoms. The van der Waals surface area contributed by atoms with E-state index in [-0.39, 0.29) is 24.4 Å². The van der Waals surface area contributed by atoms with Crippen molar-refractivity contribution in [3.8, 4) is 5.75 Å². The van der Waals surface area contributed by atoms with Gasteiger partial charge in [-0.2, -0.15) is 0 Å². The van der Waals surface area contributed by atoms with E-state index >= 15 is 0 Å². The summed E-state index contributed by atoms with van der Waals surface area (Å²) in [5.74, 6) is 0.887. The fourth-order valence-electron chi connectivity index (χ4n) is 1.91. The summed E-state index contributed by atoms with van der Waals surface area (Å²) in [5, 5.41) is 6.03. The van der Waals surface area contributed by atoms with Gasteiger partial charge in [-0.25, -0.2) is 0 Å². The van der Waals surface area contributed by atoms with E-state index in [0.717, 1.165) is 29.6 Å². The zero-order valence-electron chi connectivity index (χ0n) is 10.5. The van der Waals surface area contributed by atoms with E-state index in [1.165, 1.54) is 0 Å². The molecule has 4 nitrogen and oxygen atoms in total. The third-order valence-corrected chi connectivity index (χ3v) is 3.39. The standard InChI is InChI=1S/C13H17BrN2O2.ClH/c14-10-3-5-11(6-4-10)18-9-8-16-13(17)12-2-1-7-15-12;/h3-6,12,15H,1-2,7-9H2,(H,16,17);1H. The molecule has 0 saturated carbocycles. The van der Waals surface area contributed by atoms with Crippen LogP contribution in [-0.4, -0.2) is 31.6 Å². The highest BCUT2D eigenvalue weighted by Crippen LogP contribution is 2.15. The van der Waals surface area contributed by atoms with Gasteiger partial charge in [-0.3, -0.25) is 4.79 Å². The van der Waals surface area contributed by atoms with E-state index in [9.17, 15) is 4.79 Å². The van der Waals surface area contributed by atoms with Gasteiger partial charge in [0.15, 0.2) is 0 Å².